The summed E-state index contributed by atoms with van der Waals surface area (Å²) >= 11 is 0. The number of esters is 2. The molecule has 0 saturated heterocycles. The molecule has 4 aliphatic carbocycles. The van der Waals surface area contributed by atoms with Gasteiger partial charge >= 0.3 is 11.9 Å². The lowest BCUT2D eigenvalue weighted by molar-refractivity contribution is -0.202. The first-order chi connectivity index (χ1) is 18.3. The molecule has 8 atom stereocenters. The fourth-order valence-electron chi connectivity index (χ4n) is 7.72. The maximum absolute atomic E-state index is 14.5. The molecule has 4 aliphatic rings. The van der Waals surface area contributed by atoms with Crippen LogP contribution in [0.2, 0.25) is 0 Å². The van der Waals surface area contributed by atoms with Crippen molar-refractivity contribution in [3.63, 3.8) is 0 Å². The van der Waals surface area contributed by atoms with Gasteiger partial charge in [0, 0.05) is 24.5 Å². The summed E-state index contributed by atoms with van der Waals surface area (Å²) in [6.07, 6.45) is 12.2. The largest absolute Gasteiger partial charge is 0.461 e. The Hall–Kier alpha value is -2.51. The molecule has 0 aliphatic heterocycles. The van der Waals surface area contributed by atoms with Crippen molar-refractivity contribution in [2.75, 3.05) is 6.61 Å². The predicted molar refractivity (Wildman–Crippen MR) is 147 cm³/mol. The maximum Gasteiger partial charge on any atom is 0.331 e. The monoisotopic (exact) mass is 540 g/mol. The minimum Gasteiger partial charge on any atom is -0.461 e. The van der Waals surface area contributed by atoms with Crippen LogP contribution in [-0.4, -0.2) is 52.4 Å². The SMILES string of the molecule is CCCCC/C=C\C=C\C(=O)O[C@@H]1C(COC(C)=O)=C[C@@H]2C(=O)[C@]3(C=C(C)[C@H](O)[C@@]13O)[C@H](C)C[C@@H]1[C@H]2C1(C)C. The third kappa shape index (κ3) is 4.76. The standard InChI is InChI=1S/C32H44O7/c1-7-8-9-10-11-12-13-14-25(34)39-29-22(18-38-21(4)33)16-23-26-24(30(26,5)6)15-20(3)31(28(23)36)17-19(2)27(35)32(29,31)37/h11-14,16-17,20,23-24,26-27,29,35,37H,7-10,15,18H2,1-6H3/b12-11-,14-13+/t20-,23+,24-,26+,27+,29-,31+,32-/m1/s1. The highest BCUT2D eigenvalue weighted by molar-refractivity contribution is 5.95. The van der Waals surface area contributed by atoms with Crippen LogP contribution in [-0.2, 0) is 23.9 Å². The maximum atomic E-state index is 14.5. The summed E-state index contributed by atoms with van der Waals surface area (Å²) in [5, 5.41) is 24.0. The molecule has 7 heteroatoms. The van der Waals surface area contributed by atoms with E-state index >= 15 is 0 Å². The molecule has 0 radical (unpaired) electrons. The van der Waals surface area contributed by atoms with E-state index in [1.807, 2.05) is 13.0 Å². The van der Waals surface area contributed by atoms with Crippen LogP contribution in [0.3, 0.4) is 0 Å². The third-order valence-electron chi connectivity index (χ3n) is 9.85. The lowest BCUT2D eigenvalue weighted by atomic mass is 9.59. The number of ether oxygens (including phenoxy) is 2. The van der Waals surface area contributed by atoms with E-state index in [9.17, 15) is 24.6 Å². The van der Waals surface area contributed by atoms with Crippen molar-refractivity contribution in [3.8, 4) is 0 Å². The number of carbonyl (C=O) groups is 3. The number of ketones is 1. The third-order valence-corrected chi connectivity index (χ3v) is 9.85. The van der Waals surface area contributed by atoms with Crippen molar-refractivity contribution in [1.29, 1.82) is 0 Å². The van der Waals surface area contributed by atoms with Gasteiger partial charge in [0.05, 0.1) is 5.41 Å². The molecule has 2 saturated carbocycles. The number of Topliss-reactive ketones (excluding diaryl/α,β-unsaturated/α-hetero) is 1. The Morgan fingerprint density at radius 3 is 2.59 bits per heavy atom. The molecular formula is C32H44O7. The molecule has 2 N–H and O–H groups in total. The molecule has 0 aromatic heterocycles. The number of unbranched alkanes of at least 4 members (excludes halogenated alkanes) is 3. The Bertz CT molecular complexity index is 1130. The number of fused-ring (bicyclic) bond motifs is 3. The van der Waals surface area contributed by atoms with Crippen LogP contribution in [0.15, 0.2) is 47.6 Å². The van der Waals surface area contributed by atoms with Crippen LogP contribution in [0.1, 0.15) is 73.6 Å². The highest BCUT2D eigenvalue weighted by Gasteiger charge is 2.76. The van der Waals surface area contributed by atoms with Crippen molar-refractivity contribution >= 4 is 17.7 Å². The zero-order valence-electron chi connectivity index (χ0n) is 24.1. The van der Waals surface area contributed by atoms with E-state index in [4.69, 9.17) is 9.47 Å². The molecule has 39 heavy (non-hydrogen) atoms. The van der Waals surface area contributed by atoms with Gasteiger partial charge < -0.3 is 19.7 Å². The average molecular weight is 541 g/mol. The van der Waals surface area contributed by atoms with E-state index in [1.54, 1.807) is 31.2 Å². The van der Waals surface area contributed by atoms with Gasteiger partial charge in [-0.15, -0.1) is 0 Å². The number of rotatable bonds is 9. The van der Waals surface area contributed by atoms with E-state index < -0.39 is 41.1 Å². The fourth-order valence-corrected chi connectivity index (χ4v) is 7.72. The molecule has 2 fully saturated rings. The number of carbonyl (C=O) groups excluding carboxylic acids is 3. The molecule has 0 heterocycles. The van der Waals surface area contributed by atoms with E-state index in [-0.39, 0.29) is 35.6 Å². The first-order valence-electron chi connectivity index (χ1n) is 14.4. The van der Waals surface area contributed by atoms with Gasteiger partial charge in [-0.1, -0.05) is 70.9 Å². The van der Waals surface area contributed by atoms with Crippen LogP contribution in [0.5, 0.6) is 0 Å². The van der Waals surface area contributed by atoms with Crippen LogP contribution in [0.25, 0.3) is 0 Å². The predicted octanol–water partition coefficient (Wildman–Crippen LogP) is 4.63. The topological polar surface area (TPSA) is 110 Å². The smallest absolute Gasteiger partial charge is 0.331 e. The van der Waals surface area contributed by atoms with Crippen LogP contribution in [0.4, 0.5) is 0 Å². The highest BCUT2D eigenvalue weighted by atomic mass is 16.6. The minimum atomic E-state index is -2.14. The first-order valence-corrected chi connectivity index (χ1v) is 14.4. The summed E-state index contributed by atoms with van der Waals surface area (Å²) in [7, 11) is 0. The Balaban J connectivity index is 1.76. The molecule has 7 nitrogen and oxygen atoms in total. The fraction of sp³-hybridized carbons (Fsp3) is 0.656. The number of allylic oxidation sites excluding steroid dienone is 4. The summed E-state index contributed by atoms with van der Waals surface area (Å²) in [4.78, 5) is 39.4. The quantitative estimate of drug-likeness (QED) is 0.144. The summed E-state index contributed by atoms with van der Waals surface area (Å²) < 4.78 is 11.3. The zero-order valence-corrected chi connectivity index (χ0v) is 24.1. The second-order valence-electron chi connectivity index (χ2n) is 12.6. The molecule has 0 amide bonds. The second kappa shape index (κ2) is 10.8. The zero-order chi connectivity index (χ0) is 28.8. The normalized spacial score (nSPS) is 38.4. The lowest BCUT2D eigenvalue weighted by Crippen LogP contribution is -2.66. The summed E-state index contributed by atoms with van der Waals surface area (Å²) in [5.74, 6) is -1.98. The number of aliphatic hydroxyl groups excluding tert-OH is 1. The van der Waals surface area contributed by atoms with Crippen molar-refractivity contribution in [2.24, 2.45) is 34.5 Å². The van der Waals surface area contributed by atoms with E-state index in [0.29, 0.717) is 17.6 Å². The summed E-state index contributed by atoms with van der Waals surface area (Å²) in [6, 6.07) is 0. The van der Waals surface area contributed by atoms with Gasteiger partial charge in [0.2, 0.25) is 0 Å². The van der Waals surface area contributed by atoms with Gasteiger partial charge in [-0.3, -0.25) is 9.59 Å². The molecule has 214 valence electrons. The molecule has 1 spiro atoms. The van der Waals surface area contributed by atoms with Gasteiger partial charge in [0.15, 0.2) is 17.5 Å². The van der Waals surface area contributed by atoms with Crippen molar-refractivity contribution in [2.45, 2.75) is 91.5 Å². The van der Waals surface area contributed by atoms with Gasteiger partial charge in [-0.2, -0.15) is 0 Å². The summed E-state index contributed by atoms with van der Waals surface area (Å²) in [6.45, 7) is 11.1. The van der Waals surface area contributed by atoms with Gasteiger partial charge in [-0.25, -0.2) is 4.79 Å². The van der Waals surface area contributed by atoms with E-state index in [0.717, 1.165) is 25.7 Å². The van der Waals surface area contributed by atoms with E-state index in [1.165, 1.54) is 13.0 Å². The van der Waals surface area contributed by atoms with Gasteiger partial charge in [0.1, 0.15) is 12.7 Å². The number of aliphatic hydroxyl groups is 2. The molecule has 0 unspecified atom stereocenters. The molecular weight excluding hydrogens is 496 g/mol. The van der Waals surface area contributed by atoms with Crippen LogP contribution < -0.4 is 0 Å². The first kappa shape index (κ1) is 29.5. The molecule has 2 bridgehead atoms. The van der Waals surface area contributed by atoms with Crippen LogP contribution in [0, 0.1) is 34.5 Å². The number of hydrogen-bond donors (Lipinski definition) is 2. The highest BCUT2D eigenvalue weighted by Crippen LogP contribution is 2.71. The lowest BCUT2D eigenvalue weighted by Gasteiger charge is -2.49. The Morgan fingerprint density at radius 2 is 1.92 bits per heavy atom. The van der Waals surface area contributed by atoms with Crippen molar-refractivity contribution in [1.82, 2.24) is 0 Å². The van der Waals surface area contributed by atoms with Crippen molar-refractivity contribution in [3.05, 3.63) is 47.6 Å². The molecule has 0 aromatic rings. The van der Waals surface area contributed by atoms with Gasteiger partial charge in [0.25, 0.3) is 0 Å². The van der Waals surface area contributed by atoms with Crippen molar-refractivity contribution < 1.29 is 34.1 Å². The second-order valence-corrected chi connectivity index (χ2v) is 12.6. The van der Waals surface area contributed by atoms with E-state index in [2.05, 4.69) is 20.8 Å². The Morgan fingerprint density at radius 1 is 1.21 bits per heavy atom. The number of hydrogen-bond acceptors (Lipinski definition) is 7. The Labute approximate surface area is 232 Å². The van der Waals surface area contributed by atoms with Crippen LogP contribution >= 0.6 is 0 Å². The molecule has 0 aromatic carbocycles. The summed E-state index contributed by atoms with van der Waals surface area (Å²) in [5.41, 5.74) is -2.88. The molecule has 4 rings (SSSR count). The average Bonchev–Trinajstić information content (AvgIpc) is 3.38. The minimum absolute atomic E-state index is 0.0436. The van der Waals surface area contributed by atoms with Gasteiger partial charge in [-0.05, 0) is 54.9 Å². The Kier molecular flexibility index (Phi) is 8.17.